The molecule has 0 aliphatic rings. The number of halogens is 1. The highest BCUT2D eigenvalue weighted by Crippen LogP contribution is 2.33. The lowest BCUT2D eigenvalue weighted by Gasteiger charge is -2.17. The number of rotatable bonds is 4. The molecule has 0 saturated carbocycles. The summed E-state index contributed by atoms with van der Waals surface area (Å²) in [5.41, 5.74) is 5.33. The lowest BCUT2D eigenvalue weighted by atomic mass is 9.93. The van der Waals surface area contributed by atoms with E-state index in [4.69, 9.17) is 11.6 Å². The van der Waals surface area contributed by atoms with Crippen LogP contribution in [0.2, 0.25) is 0 Å². The Morgan fingerprint density at radius 1 is 1.14 bits per heavy atom. The van der Waals surface area contributed by atoms with Gasteiger partial charge in [-0.1, -0.05) is 35.9 Å². The van der Waals surface area contributed by atoms with E-state index in [1.807, 2.05) is 13.8 Å². The zero-order chi connectivity index (χ0) is 15.6. The first kappa shape index (κ1) is 15.5. The molecule has 4 heteroatoms. The standard InChI is InChI=1S/C17H18ClNO2/c1-11-8-12(2)17(13(3)9-11)15(18)10-14-6-4-5-7-16(14)19(20)21/h4-9,15H,10H2,1-3H3. The van der Waals surface area contributed by atoms with Gasteiger partial charge in [-0.25, -0.2) is 0 Å². The Morgan fingerprint density at radius 3 is 2.29 bits per heavy atom. The Balaban J connectivity index is 2.35. The maximum Gasteiger partial charge on any atom is 0.272 e. The largest absolute Gasteiger partial charge is 0.272 e. The third-order valence-electron chi connectivity index (χ3n) is 3.64. The summed E-state index contributed by atoms with van der Waals surface area (Å²) in [6.45, 7) is 6.11. The van der Waals surface area contributed by atoms with Crippen molar-refractivity contribution in [1.29, 1.82) is 0 Å². The average Bonchev–Trinajstić information content (AvgIpc) is 2.37. The van der Waals surface area contributed by atoms with Crippen LogP contribution in [0, 0.1) is 30.9 Å². The van der Waals surface area contributed by atoms with Crippen LogP contribution in [0.15, 0.2) is 36.4 Å². The molecular formula is C17H18ClNO2. The van der Waals surface area contributed by atoms with Crippen molar-refractivity contribution >= 4 is 17.3 Å². The molecule has 110 valence electrons. The molecule has 21 heavy (non-hydrogen) atoms. The van der Waals surface area contributed by atoms with Gasteiger partial charge in [0.05, 0.1) is 10.3 Å². The van der Waals surface area contributed by atoms with Gasteiger partial charge in [0.1, 0.15) is 0 Å². The van der Waals surface area contributed by atoms with E-state index >= 15 is 0 Å². The SMILES string of the molecule is Cc1cc(C)c(C(Cl)Cc2ccccc2[N+](=O)[O-])c(C)c1. The maximum atomic E-state index is 11.1. The predicted molar refractivity (Wildman–Crippen MR) is 86.0 cm³/mol. The second-order valence-electron chi connectivity index (χ2n) is 5.37. The van der Waals surface area contributed by atoms with Crippen LogP contribution in [0.4, 0.5) is 5.69 Å². The first-order valence-electron chi connectivity index (χ1n) is 6.84. The number of nitro benzene ring substituents is 1. The van der Waals surface area contributed by atoms with Crippen LogP contribution in [0.25, 0.3) is 0 Å². The molecule has 1 unspecified atom stereocenters. The Morgan fingerprint density at radius 2 is 1.71 bits per heavy atom. The number of hydrogen-bond donors (Lipinski definition) is 0. The molecule has 0 saturated heterocycles. The third-order valence-corrected chi connectivity index (χ3v) is 4.01. The van der Waals surface area contributed by atoms with Gasteiger partial charge in [-0.05, 0) is 43.9 Å². The fourth-order valence-electron chi connectivity index (χ4n) is 2.84. The van der Waals surface area contributed by atoms with E-state index in [1.165, 1.54) is 11.6 Å². The number of benzene rings is 2. The van der Waals surface area contributed by atoms with E-state index in [0.717, 1.165) is 16.7 Å². The van der Waals surface area contributed by atoms with Crippen molar-refractivity contribution in [2.45, 2.75) is 32.6 Å². The number of hydrogen-bond acceptors (Lipinski definition) is 2. The van der Waals surface area contributed by atoms with Crippen LogP contribution < -0.4 is 0 Å². The Hall–Kier alpha value is -1.87. The normalized spacial score (nSPS) is 12.2. The van der Waals surface area contributed by atoms with Crippen molar-refractivity contribution in [2.24, 2.45) is 0 Å². The van der Waals surface area contributed by atoms with Gasteiger partial charge in [0.2, 0.25) is 0 Å². The van der Waals surface area contributed by atoms with E-state index in [-0.39, 0.29) is 16.0 Å². The van der Waals surface area contributed by atoms with E-state index in [9.17, 15) is 10.1 Å². The Bertz CT molecular complexity index is 659. The lowest BCUT2D eigenvalue weighted by Crippen LogP contribution is -2.04. The van der Waals surface area contributed by atoms with Gasteiger partial charge in [0.25, 0.3) is 5.69 Å². The summed E-state index contributed by atoms with van der Waals surface area (Å²) in [5, 5.41) is 10.8. The van der Waals surface area contributed by atoms with Crippen LogP contribution >= 0.6 is 11.6 Å². The molecule has 1 atom stereocenters. The molecule has 0 radical (unpaired) electrons. The Labute approximate surface area is 129 Å². The molecule has 0 aliphatic heterocycles. The van der Waals surface area contributed by atoms with Crippen LogP contribution in [0.3, 0.4) is 0 Å². The zero-order valence-electron chi connectivity index (χ0n) is 12.4. The van der Waals surface area contributed by atoms with E-state index in [0.29, 0.717) is 12.0 Å². The van der Waals surface area contributed by atoms with Crippen molar-refractivity contribution in [2.75, 3.05) is 0 Å². The van der Waals surface area contributed by atoms with Gasteiger partial charge in [-0.2, -0.15) is 0 Å². The lowest BCUT2D eigenvalue weighted by molar-refractivity contribution is -0.385. The van der Waals surface area contributed by atoms with E-state index < -0.39 is 0 Å². The minimum atomic E-state index is -0.353. The average molecular weight is 304 g/mol. The number of aryl methyl sites for hydroxylation is 3. The quantitative estimate of drug-likeness (QED) is 0.451. The maximum absolute atomic E-state index is 11.1. The molecule has 0 aliphatic carbocycles. The molecule has 0 aromatic heterocycles. The van der Waals surface area contributed by atoms with Crippen LogP contribution in [0.1, 0.15) is 33.2 Å². The first-order chi connectivity index (χ1) is 9.90. The van der Waals surface area contributed by atoms with Crippen molar-refractivity contribution in [3.05, 3.63) is 74.3 Å². The highest BCUT2D eigenvalue weighted by molar-refractivity contribution is 6.21. The summed E-state index contributed by atoms with van der Waals surface area (Å²) >= 11 is 6.56. The van der Waals surface area contributed by atoms with Crippen molar-refractivity contribution < 1.29 is 4.92 Å². The molecule has 0 bridgehead atoms. The first-order valence-corrected chi connectivity index (χ1v) is 7.28. The molecule has 0 N–H and O–H groups in total. The second kappa shape index (κ2) is 6.27. The number of alkyl halides is 1. The third kappa shape index (κ3) is 3.42. The molecule has 2 aromatic carbocycles. The van der Waals surface area contributed by atoms with Crippen molar-refractivity contribution in [3.63, 3.8) is 0 Å². The highest BCUT2D eigenvalue weighted by Gasteiger charge is 2.19. The summed E-state index contributed by atoms with van der Waals surface area (Å²) < 4.78 is 0. The molecule has 0 amide bonds. The summed E-state index contributed by atoms with van der Waals surface area (Å²) in [4.78, 5) is 10.7. The molecule has 0 heterocycles. The van der Waals surface area contributed by atoms with Gasteiger partial charge in [0.15, 0.2) is 0 Å². The molecule has 3 nitrogen and oxygen atoms in total. The summed E-state index contributed by atoms with van der Waals surface area (Å²) in [6.07, 6.45) is 0.448. The smallest absolute Gasteiger partial charge is 0.258 e. The number of nitrogens with zero attached hydrogens (tertiary/aromatic N) is 1. The van der Waals surface area contributed by atoms with E-state index in [2.05, 4.69) is 19.1 Å². The van der Waals surface area contributed by atoms with Crippen LogP contribution in [-0.2, 0) is 6.42 Å². The van der Waals surface area contributed by atoms with Crippen LogP contribution in [0.5, 0.6) is 0 Å². The van der Waals surface area contributed by atoms with E-state index in [1.54, 1.807) is 18.2 Å². The van der Waals surface area contributed by atoms with Crippen LogP contribution in [-0.4, -0.2) is 4.92 Å². The minimum Gasteiger partial charge on any atom is -0.258 e. The monoisotopic (exact) mass is 303 g/mol. The molecule has 2 aromatic rings. The van der Waals surface area contributed by atoms with Gasteiger partial charge in [-0.3, -0.25) is 10.1 Å². The predicted octanol–water partition coefficient (Wildman–Crippen LogP) is 5.04. The summed E-state index contributed by atoms with van der Waals surface area (Å²) in [6, 6.07) is 11.0. The van der Waals surface area contributed by atoms with Gasteiger partial charge >= 0.3 is 0 Å². The Kier molecular flexibility index (Phi) is 4.63. The number of nitro groups is 1. The minimum absolute atomic E-state index is 0.130. The van der Waals surface area contributed by atoms with Crippen molar-refractivity contribution in [1.82, 2.24) is 0 Å². The second-order valence-corrected chi connectivity index (χ2v) is 5.90. The van der Waals surface area contributed by atoms with Gasteiger partial charge in [0, 0.05) is 11.6 Å². The zero-order valence-corrected chi connectivity index (χ0v) is 13.1. The topological polar surface area (TPSA) is 43.1 Å². The van der Waals surface area contributed by atoms with Crippen molar-refractivity contribution in [3.8, 4) is 0 Å². The molecule has 2 rings (SSSR count). The molecule has 0 fully saturated rings. The van der Waals surface area contributed by atoms with Gasteiger partial charge < -0.3 is 0 Å². The fraction of sp³-hybridized carbons (Fsp3) is 0.294. The van der Waals surface area contributed by atoms with Gasteiger partial charge in [-0.15, -0.1) is 11.6 Å². The molecule has 0 spiro atoms. The summed E-state index contributed by atoms with van der Waals surface area (Å²) in [5.74, 6) is 0. The summed E-state index contributed by atoms with van der Waals surface area (Å²) in [7, 11) is 0. The fourth-order valence-corrected chi connectivity index (χ4v) is 3.35. The number of para-hydroxylation sites is 1. The molecular weight excluding hydrogens is 286 g/mol. The highest BCUT2D eigenvalue weighted by atomic mass is 35.5.